The number of benzene rings is 1. The number of hydrogen-bond donors (Lipinski definition) is 2. The van der Waals surface area contributed by atoms with Gasteiger partial charge in [0, 0.05) is 30.9 Å². The van der Waals surface area contributed by atoms with Crippen molar-refractivity contribution in [1.82, 2.24) is 4.57 Å². The number of ketones is 1. The molecule has 3 N–H and O–H groups in total. The van der Waals surface area contributed by atoms with Gasteiger partial charge in [-0.1, -0.05) is 60.7 Å². The zero-order chi connectivity index (χ0) is 26.5. The minimum absolute atomic E-state index is 0.0385. The van der Waals surface area contributed by atoms with Gasteiger partial charge in [0.2, 0.25) is 5.78 Å². The van der Waals surface area contributed by atoms with E-state index < -0.39 is 17.7 Å². The number of rotatable bonds is 11. The number of carboxylic acids is 1. The van der Waals surface area contributed by atoms with Gasteiger partial charge < -0.3 is 20.1 Å². The topological polar surface area (TPSA) is 112 Å². The molecule has 1 heterocycles. The molecule has 188 valence electrons. The Balaban J connectivity index is 2.65. The van der Waals surface area contributed by atoms with Crippen LogP contribution in [0.5, 0.6) is 5.75 Å². The van der Waals surface area contributed by atoms with Gasteiger partial charge in [0.25, 0.3) is 5.91 Å². The van der Waals surface area contributed by atoms with Gasteiger partial charge in [-0.25, -0.2) is 0 Å². The molecule has 0 aliphatic carbocycles. The minimum Gasteiger partial charge on any atom is -0.493 e. The lowest BCUT2D eigenvalue weighted by Crippen LogP contribution is -2.24. The first-order valence-corrected chi connectivity index (χ1v) is 11.5. The first-order valence-electron chi connectivity index (χ1n) is 11.5. The maximum absolute atomic E-state index is 12.7. The van der Waals surface area contributed by atoms with Crippen LogP contribution in [0.15, 0.2) is 85.1 Å². The number of aliphatic carboxylic acids is 1. The molecule has 2 rings (SSSR count). The van der Waals surface area contributed by atoms with Gasteiger partial charge in [-0.2, -0.15) is 0 Å². The quantitative estimate of drug-likeness (QED) is 0.270. The molecule has 0 atom stereocenters. The third-order valence-corrected chi connectivity index (χ3v) is 5.39. The number of carboxylic acid groups (broad SMARTS) is 1. The van der Waals surface area contributed by atoms with E-state index in [0.717, 1.165) is 16.8 Å². The highest BCUT2D eigenvalue weighted by molar-refractivity contribution is 6.42. The smallest absolute Gasteiger partial charge is 0.306 e. The van der Waals surface area contributed by atoms with Crippen LogP contribution in [0.4, 0.5) is 0 Å². The summed E-state index contributed by atoms with van der Waals surface area (Å²) < 4.78 is 7.39. The molecule has 0 radical (unpaired) electrons. The number of Topliss-reactive ketones (excluding diaryl/α,β-unsaturated/α-hetero) is 1. The largest absolute Gasteiger partial charge is 0.493 e. The Labute approximate surface area is 211 Å². The average Bonchev–Trinajstić information content (AvgIpc) is 2.90. The van der Waals surface area contributed by atoms with Gasteiger partial charge in [-0.05, 0) is 48.7 Å². The molecule has 0 spiro atoms. The molecule has 0 fully saturated rings. The first kappa shape index (κ1) is 27.9. The molecule has 1 aromatic heterocycles. The number of carbonyl (C=O) groups is 3. The molecule has 7 heteroatoms. The van der Waals surface area contributed by atoms with Gasteiger partial charge in [0.05, 0.1) is 13.0 Å². The summed E-state index contributed by atoms with van der Waals surface area (Å²) in [7, 11) is 1.83. The number of aryl methyl sites for hydroxylation is 1. The third kappa shape index (κ3) is 8.43. The number of nitrogens with zero attached hydrogens (tertiary/aromatic N) is 1. The van der Waals surface area contributed by atoms with Crippen molar-refractivity contribution in [3.8, 4) is 5.75 Å². The van der Waals surface area contributed by atoms with E-state index >= 15 is 0 Å². The second-order valence-electron chi connectivity index (χ2n) is 7.95. The molecular weight excluding hydrogens is 456 g/mol. The van der Waals surface area contributed by atoms with Crippen LogP contribution in [0.25, 0.3) is 5.57 Å². The lowest BCUT2D eigenvalue weighted by Gasteiger charge is -2.11. The molecule has 0 unspecified atom stereocenters. The van der Waals surface area contributed by atoms with Crippen molar-refractivity contribution in [3.05, 3.63) is 107 Å². The van der Waals surface area contributed by atoms with Crippen molar-refractivity contribution < 1.29 is 24.2 Å². The number of nitrogens with two attached hydrogens (primary N) is 1. The summed E-state index contributed by atoms with van der Waals surface area (Å²) >= 11 is 0. The number of aromatic nitrogens is 1. The number of carbonyl (C=O) groups excluding carboxylic acids is 2. The van der Waals surface area contributed by atoms with Crippen LogP contribution in [0.1, 0.15) is 40.5 Å². The zero-order valence-corrected chi connectivity index (χ0v) is 20.8. The number of primary amides is 1. The van der Waals surface area contributed by atoms with E-state index in [-0.39, 0.29) is 18.6 Å². The highest BCUT2D eigenvalue weighted by Crippen LogP contribution is 2.20. The molecule has 36 heavy (non-hydrogen) atoms. The molecule has 7 nitrogen and oxygen atoms in total. The Morgan fingerprint density at radius 2 is 1.78 bits per heavy atom. The number of allylic oxidation sites excluding steroid dienone is 6. The van der Waals surface area contributed by atoms with Crippen LogP contribution in [0.3, 0.4) is 0 Å². The van der Waals surface area contributed by atoms with Gasteiger partial charge in [0.15, 0.2) is 0 Å². The molecule has 1 aromatic carbocycles. The highest BCUT2D eigenvalue weighted by atomic mass is 16.5. The van der Waals surface area contributed by atoms with E-state index in [1.807, 2.05) is 73.2 Å². The van der Waals surface area contributed by atoms with E-state index in [0.29, 0.717) is 17.7 Å². The second kappa shape index (κ2) is 14.1. The number of hydrogen-bond acceptors (Lipinski definition) is 4. The van der Waals surface area contributed by atoms with Crippen molar-refractivity contribution in [2.75, 3.05) is 6.61 Å². The van der Waals surface area contributed by atoms with Crippen molar-refractivity contribution >= 4 is 23.2 Å². The fraction of sp³-hybridized carbons (Fsp3) is 0.207. The predicted octanol–water partition coefficient (Wildman–Crippen LogP) is 4.74. The van der Waals surface area contributed by atoms with Crippen molar-refractivity contribution in [3.63, 3.8) is 0 Å². The Kier molecular flexibility index (Phi) is 10.9. The Morgan fingerprint density at radius 3 is 2.42 bits per heavy atom. The molecule has 0 saturated carbocycles. The number of amides is 1. The summed E-state index contributed by atoms with van der Waals surface area (Å²) in [5, 5.41) is 8.88. The first-order chi connectivity index (χ1) is 17.2. The highest BCUT2D eigenvalue weighted by Gasteiger charge is 2.16. The Morgan fingerprint density at radius 1 is 1.06 bits per heavy atom. The van der Waals surface area contributed by atoms with Gasteiger partial charge in [-0.3, -0.25) is 14.4 Å². The summed E-state index contributed by atoms with van der Waals surface area (Å²) in [4.78, 5) is 35.3. The standard InChI is InChI=1S/C29H32N2O5/c1-4-5-7-10-23(22-11-8-6-9-12-22)13-16-26-21(2)25(28(34)29(30)35)15-14-24(17-19-31(26)3)36-20-18-27(32)33/h4-15,17,19H,16,18,20H2,1-3H3,(H2,30,35)(H,32,33)/b5-4-,10-7-,19-17?,23-13-,24-14?,25-15?,26-21?. The maximum Gasteiger partial charge on any atom is 0.306 e. The lowest BCUT2D eigenvalue weighted by atomic mass is 10.00. The zero-order valence-electron chi connectivity index (χ0n) is 20.8. The lowest BCUT2D eigenvalue weighted by molar-refractivity contribution is -0.137. The van der Waals surface area contributed by atoms with Crippen LogP contribution >= 0.6 is 0 Å². The van der Waals surface area contributed by atoms with E-state index in [2.05, 4.69) is 6.08 Å². The summed E-state index contributed by atoms with van der Waals surface area (Å²) in [6.45, 7) is 3.67. The maximum atomic E-state index is 12.7. The average molecular weight is 489 g/mol. The molecule has 0 aliphatic rings. The summed E-state index contributed by atoms with van der Waals surface area (Å²) in [5.74, 6) is -2.51. The molecule has 0 saturated heterocycles. The van der Waals surface area contributed by atoms with Gasteiger partial charge in [-0.15, -0.1) is 0 Å². The van der Waals surface area contributed by atoms with E-state index in [1.165, 1.54) is 12.1 Å². The minimum atomic E-state index is -1.06. The monoisotopic (exact) mass is 488 g/mol. The van der Waals surface area contributed by atoms with Gasteiger partial charge >= 0.3 is 5.97 Å². The fourth-order valence-corrected chi connectivity index (χ4v) is 3.46. The predicted molar refractivity (Wildman–Crippen MR) is 141 cm³/mol. The molecule has 0 aliphatic heterocycles. The summed E-state index contributed by atoms with van der Waals surface area (Å²) in [6.07, 6.45) is 12.0. The van der Waals surface area contributed by atoms with Gasteiger partial charge in [0.1, 0.15) is 5.75 Å². The Bertz CT molecular complexity index is 1240. The van der Waals surface area contributed by atoms with E-state index in [9.17, 15) is 14.4 Å². The fourth-order valence-electron chi connectivity index (χ4n) is 3.46. The normalized spacial score (nSPS) is 11.5. The van der Waals surface area contributed by atoms with E-state index in [4.69, 9.17) is 15.6 Å². The van der Waals surface area contributed by atoms with Crippen molar-refractivity contribution in [2.24, 2.45) is 12.8 Å². The molecular formula is C29H32N2O5. The van der Waals surface area contributed by atoms with Crippen LogP contribution in [-0.4, -0.2) is 33.9 Å². The SMILES string of the molecule is C\C=C/C=C\C(=C\Cc1c(C)c(C(=O)C(N)=O)ccc(OCCC(=O)O)ccn1C)c1ccccc1. The number of ether oxygens (including phenoxy) is 1. The summed E-state index contributed by atoms with van der Waals surface area (Å²) in [6, 6.07) is 14.6. The third-order valence-electron chi connectivity index (χ3n) is 5.39. The van der Waals surface area contributed by atoms with Crippen LogP contribution in [0.2, 0.25) is 0 Å². The molecule has 1 amide bonds. The van der Waals surface area contributed by atoms with Crippen LogP contribution in [-0.2, 0) is 23.1 Å². The van der Waals surface area contributed by atoms with Crippen molar-refractivity contribution in [2.45, 2.75) is 26.7 Å². The molecule has 0 bridgehead atoms. The van der Waals surface area contributed by atoms with E-state index in [1.54, 1.807) is 19.2 Å². The summed E-state index contributed by atoms with van der Waals surface area (Å²) in [5.41, 5.74) is 8.88. The second-order valence-corrected chi connectivity index (χ2v) is 7.95. The molecule has 2 aromatic rings. The van der Waals surface area contributed by atoms with Crippen LogP contribution in [0, 0.1) is 6.92 Å². The van der Waals surface area contributed by atoms with Crippen molar-refractivity contribution in [1.29, 1.82) is 0 Å². The van der Waals surface area contributed by atoms with Crippen LogP contribution < -0.4 is 10.5 Å². The Hall–Kier alpha value is -4.39.